The van der Waals surface area contributed by atoms with Gasteiger partial charge in [-0.05, 0) is 30.2 Å². The number of likely N-dealkylation sites (N-methyl/N-ethyl adjacent to an activating group) is 1. The molecule has 11 nitrogen and oxygen atoms in total. The maximum Gasteiger partial charge on any atom is 0.262 e. The largest absolute Gasteiger partial charge is 0.481 e. The number of nitrogens with one attached hydrogen (secondary N) is 4. The van der Waals surface area contributed by atoms with Crippen LogP contribution in [0.15, 0.2) is 77.9 Å². The van der Waals surface area contributed by atoms with Crippen LogP contribution in [0.3, 0.4) is 0 Å². The second-order valence-corrected chi connectivity index (χ2v) is 12.4. The lowest BCUT2D eigenvalue weighted by Crippen LogP contribution is -2.35. The minimum absolute atomic E-state index is 0.0896. The number of ether oxygens (including phenoxy) is 1. The normalized spacial score (nSPS) is 14.2. The number of carbonyl (C=O) groups is 2. The van der Waals surface area contributed by atoms with Gasteiger partial charge in [0, 0.05) is 79.4 Å². The number of benzene rings is 2. The lowest BCUT2D eigenvalue weighted by atomic mass is 9.97. The Kier molecular flexibility index (Phi) is 10.5. The maximum absolute atomic E-state index is 13.1. The van der Waals surface area contributed by atoms with E-state index < -0.39 is 0 Å². The molecule has 1 fully saturated rings. The second kappa shape index (κ2) is 15.2. The Morgan fingerprint density at radius 1 is 0.959 bits per heavy atom. The third-order valence-corrected chi connectivity index (χ3v) is 9.27. The van der Waals surface area contributed by atoms with Gasteiger partial charge in [0.25, 0.3) is 5.56 Å². The molecule has 4 heterocycles. The molecule has 252 valence electrons. The van der Waals surface area contributed by atoms with Crippen molar-refractivity contribution < 1.29 is 14.3 Å². The predicted molar refractivity (Wildman–Crippen MR) is 191 cm³/mol. The van der Waals surface area contributed by atoms with E-state index in [1.54, 1.807) is 20.4 Å². The van der Waals surface area contributed by atoms with Crippen LogP contribution in [0.25, 0.3) is 39.2 Å². The summed E-state index contributed by atoms with van der Waals surface area (Å²) < 4.78 is 7.10. The molecule has 0 saturated carbocycles. The molecule has 0 bridgehead atoms. The van der Waals surface area contributed by atoms with Gasteiger partial charge in [-0.3, -0.25) is 18.8 Å². The molecule has 1 atom stereocenters. The summed E-state index contributed by atoms with van der Waals surface area (Å²) in [7, 11) is 3.14. The summed E-state index contributed by atoms with van der Waals surface area (Å²) in [5, 5.41) is 12.8. The van der Waals surface area contributed by atoms with Crippen LogP contribution in [0.1, 0.15) is 24.0 Å². The van der Waals surface area contributed by atoms with Crippen molar-refractivity contribution in [3.8, 4) is 39.4 Å². The summed E-state index contributed by atoms with van der Waals surface area (Å²) in [5.74, 6) is 0.402. The van der Waals surface area contributed by atoms with E-state index in [-0.39, 0.29) is 36.5 Å². The van der Waals surface area contributed by atoms with Crippen molar-refractivity contribution in [2.45, 2.75) is 32.0 Å². The quantitative estimate of drug-likeness (QED) is 0.148. The van der Waals surface area contributed by atoms with Crippen molar-refractivity contribution in [2.24, 2.45) is 0 Å². The molecule has 4 N–H and O–H groups in total. The molecule has 0 unspecified atom stereocenters. The number of hydrogen-bond acceptors (Lipinski definition) is 8. The van der Waals surface area contributed by atoms with Gasteiger partial charge in [0.2, 0.25) is 17.7 Å². The molecule has 13 heteroatoms. The van der Waals surface area contributed by atoms with Gasteiger partial charge in [0.15, 0.2) is 0 Å². The number of carbonyl (C=O) groups excluding carboxylic acids is 2. The Morgan fingerprint density at radius 2 is 1.67 bits per heavy atom. The van der Waals surface area contributed by atoms with Gasteiger partial charge in [-0.1, -0.05) is 65.7 Å². The molecule has 2 amide bonds. The van der Waals surface area contributed by atoms with Crippen LogP contribution in [0.4, 0.5) is 0 Å². The highest BCUT2D eigenvalue weighted by Crippen LogP contribution is 2.42. The number of nitrogens with zero attached hydrogens (tertiary/aromatic N) is 3. The van der Waals surface area contributed by atoms with E-state index in [4.69, 9.17) is 32.9 Å². The van der Waals surface area contributed by atoms with E-state index in [1.165, 1.54) is 10.6 Å². The minimum Gasteiger partial charge on any atom is -0.481 e. The highest BCUT2D eigenvalue weighted by atomic mass is 35.5. The van der Waals surface area contributed by atoms with Gasteiger partial charge >= 0.3 is 0 Å². The molecular weight excluding hydrogens is 665 g/mol. The third kappa shape index (κ3) is 7.45. The summed E-state index contributed by atoms with van der Waals surface area (Å²) >= 11 is 14.1. The smallest absolute Gasteiger partial charge is 0.262 e. The Labute approximate surface area is 293 Å². The van der Waals surface area contributed by atoms with E-state index >= 15 is 0 Å². The summed E-state index contributed by atoms with van der Waals surface area (Å²) in [6.45, 7) is 1.51. The molecule has 49 heavy (non-hydrogen) atoms. The van der Waals surface area contributed by atoms with E-state index in [0.29, 0.717) is 52.3 Å². The van der Waals surface area contributed by atoms with Crippen LogP contribution in [-0.4, -0.2) is 59.5 Å². The van der Waals surface area contributed by atoms with Crippen molar-refractivity contribution in [1.82, 2.24) is 35.6 Å². The first-order chi connectivity index (χ1) is 23.8. The summed E-state index contributed by atoms with van der Waals surface area (Å²) in [5.41, 5.74) is 5.95. The monoisotopic (exact) mass is 699 g/mol. The van der Waals surface area contributed by atoms with Crippen LogP contribution in [0.5, 0.6) is 5.88 Å². The van der Waals surface area contributed by atoms with E-state index in [0.717, 1.165) is 39.8 Å². The summed E-state index contributed by atoms with van der Waals surface area (Å²) in [6, 6.07) is 19.1. The van der Waals surface area contributed by atoms with Gasteiger partial charge in [-0.25, -0.2) is 9.97 Å². The van der Waals surface area contributed by atoms with Gasteiger partial charge in [0.05, 0.1) is 35.0 Å². The highest BCUT2D eigenvalue weighted by Gasteiger charge is 2.21. The van der Waals surface area contributed by atoms with Crippen molar-refractivity contribution in [1.29, 1.82) is 0 Å². The van der Waals surface area contributed by atoms with Crippen molar-refractivity contribution in [3.05, 3.63) is 105 Å². The van der Waals surface area contributed by atoms with E-state index in [2.05, 4.69) is 26.3 Å². The van der Waals surface area contributed by atoms with E-state index in [9.17, 15) is 14.4 Å². The fraction of sp³-hybridized carbons (Fsp3) is 0.250. The molecular formula is C36H35Cl2N7O4. The maximum atomic E-state index is 13.1. The average molecular weight is 701 g/mol. The van der Waals surface area contributed by atoms with Crippen LogP contribution in [-0.2, 0) is 22.7 Å². The molecule has 2 aromatic carbocycles. The summed E-state index contributed by atoms with van der Waals surface area (Å²) in [6.07, 6.45) is 4.58. The van der Waals surface area contributed by atoms with E-state index in [1.807, 2.05) is 60.7 Å². The summed E-state index contributed by atoms with van der Waals surface area (Å²) in [4.78, 5) is 45.4. The first-order valence-electron chi connectivity index (χ1n) is 15.8. The van der Waals surface area contributed by atoms with Crippen molar-refractivity contribution >= 4 is 40.7 Å². The molecule has 1 aliphatic rings. The number of amides is 2. The topological polar surface area (TPSA) is 139 Å². The fourth-order valence-electron chi connectivity index (χ4n) is 5.84. The van der Waals surface area contributed by atoms with Gasteiger partial charge in [-0.2, -0.15) is 0 Å². The Bertz CT molecular complexity index is 2100. The number of halogens is 2. The molecule has 3 aromatic heterocycles. The molecule has 0 aliphatic carbocycles. The highest BCUT2D eigenvalue weighted by molar-refractivity contribution is 6.39. The fourth-order valence-corrected chi connectivity index (χ4v) is 6.51. The van der Waals surface area contributed by atoms with Gasteiger partial charge in [0.1, 0.15) is 5.65 Å². The first kappa shape index (κ1) is 34.1. The number of fused-ring (bicyclic) bond motifs is 1. The van der Waals surface area contributed by atoms with Crippen molar-refractivity contribution in [2.75, 3.05) is 27.2 Å². The molecule has 1 saturated heterocycles. The van der Waals surface area contributed by atoms with Crippen LogP contribution in [0.2, 0.25) is 10.0 Å². The predicted octanol–water partition coefficient (Wildman–Crippen LogP) is 4.61. The Morgan fingerprint density at radius 3 is 2.39 bits per heavy atom. The first-order valence-corrected chi connectivity index (χ1v) is 16.6. The lowest BCUT2D eigenvalue weighted by Gasteiger charge is -2.16. The zero-order chi connectivity index (χ0) is 34.5. The van der Waals surface area contributed by atoms with Gasteiger partial charge in [-0.15, -0.1) is 0 Å². The SMILES string of the molecule is CNC(=O)CNCc1cnc2cc(-c3cccc(-c4cccc(-c5ccc(CNC[C@H]6CCC(=O)N6)c(OC)n5)c4Cl)c3Cl)ccn2c1=O. The van der Waals surface area contributed by atoms with Crippen LogP contribution in [0, 0.1) is 0 Å². The standard InChI is InChI=1S/C36H35Cl2N7O4/c1-39-32(47)20-41-17-23-18-42-30-15-21(13-14-45(30)36(23)48)25-5-3-6-26(33(25)37)27-7-4-8-28(34(27)38)29-11-9-22(35(44-29)49-2)16-40-19-24-10-12-31(46)43-24/h3-9,11,13-15,18,24,40-41H,10,12,16-17,19-20H2,1-2H3,(H,39,47)(H,43,46)/t24-/m1/s1. The van der Waals surface area contributed by atoms with Gasteiger partial charge < -0.3 is 26.0 Å². The van der Waals surface area contributed by atoms with Crippen LogP contribution < -0.4 is 31.6 Å². The van der Waals surface area contributed by atoms with Crippen molar-refractivity contribution in [3.63, 3.8) is 0 Å². The molecule has 1 aliphatic heterocycles. The number of aromatic nitrogens is 3. The number of hydrogen-bond donors (Lipinski definition) is 4. The zero-order valence-corrected chi connectivity index (χ0v) is 28.5. The molecule has 0 radical (unpaired) electrons. The second-order valence-electron chi connectivity index (χ2n) is 11.6. The Balaban J connectivity index is 1.24. The number of rotatable bonds is 12. The minimum atomic E-state index is -0.224. The molecule has 6 rings (SSSR count). The van der Waals surface area contributed by atoms with Crippen LogP contribution >= 0.6 is 23.2 Å². The zero-order valence-electron chi connectivity index (χ0n) is 27.0. The molecule has 0 spiro atoms. The average Bonchev–Trinajstić information content (AvgIpc) is 3.54. The lowest BCUT2D eigenvalue weighted by molar-refractivity contribution is -0.120. The third-order valence-electron chi connectivity index (χ3n) is 8.46. The molecule has 5 aromatic rings. The number of methoxy groups -OCH3 is 1. The Hall–Kier alpha value is -4.81. The number of pyridine rings is 2.